The number of methoxy groups -OCH3 is 1. The molecule has 0 amide bonds. The van der Waals surface area contributed by atoms with Crippen LogP contribution >= 0.6 is 11.8 Å². The van der Waals surface area contributed by atoms with Gasteiger partial charge in [0.1, 0.15) is 5.25 Å². The number of hydrogen-bond acceptors (Lipinski definition) is 5. The van der Waals surface area contributed by atoms with Crippen molar-refractivity contribution in [2.45, 2.75) is 10.1 Å². The van der Waals surface area contributed by atoms with Gasteiger partial charge in [-0.3, -0.25) is 4.79 Å². The molecule has 0 radical (unpaired) electrons. The lowest BCUT2D eigenvalue weighted by molar-refractivity contribution is -0.134. The smallest absolute Gasteiger partial charge is 0.329 e. The Morgan fingerprint density at radius 3 is 2.26 bits per heavy atom. The third-order valence-corrected chi connectivity index (χ3v) is 5.06. The fourth-order valence-electron chi connectivity index (χ4n) is 2.50. The number of nitrogens with zero attached hydrogens (tertiary/aromatic N) is 1. The van der Waals surface area contributed by atoms with Crippen molar-refractivity contribution < 1.29 is 14.3 Å². The van der Waals surface area contributed by atoms with Crippen molar-refractivity contribution >= 4 is 17.7 Å². The molecule has 3 rings (SSSR count). The predicted octanol–water partition coefficient (Wildman–Crippen LogP) is 5.01. The molecular formula is C22H17NO3S. The number of benzene rings is 3. The molecule has 3 aromatic rings. The van der Waals surface area contributed by atoms with Gasteiger partial charge in [0, 0.05) is 11.0 Å². The zero-order valence-electron chi connectivity index (χ0n) is 14.7. The van der Waals surface area contributed by atoms with Crippen molar-refractivity contribution in [2.24, 2.45) is 0 Å². The number of ether oxygens (including phenoxy) is 2. The first-order valence-electron chi connectivity index (χ1n) is 8.27. The maximum absolute atomic E-state index is 13.0. The van der Waals surface area contributed by atoms with Crippen LogP contribution < -0.4 is 9.47 Å². The van der Waals surface area contributed by atoms with Gasteiger partial charge in [0.15, 0.2) is 11.5 Å². The highest BCUT2D eigenvalue weighted by Gasteiger charge is 2.25. The molecule has 5 heteroatoms. The number of carbonyl (C=O) groups is 1. The normalized spacial score (nSPS) is 11.3. The zero-order valence-corrected chi connectivity index (χ0v) is 15.5. The second-order valence-electron chi connectivity index (χ2n) is 5.62. The van der Waals surface area contributed by atoms with Crippen molar-refractivity contribution in [1.29, 1.82) is 5.26 Å². The number of esters is 1. The summed E-state index contributed by atoms with van der Waals surface area (Å²) in [6, 6.07) is 25.9. The lowest BCUT2D eigenvalue weighted by Crippen LogP contribution is -2.17. The van der Waals surface area contributed by atoms with Gasteiger partial charge in [-0.2, -0.15) is 5.26 Å². The van der Waals surface area contributed by atoms with Crippen molar-refractivity contribution in [3.8, 4) is 17.6 Å². The molecular weight excluding hydrogens is 358 g/mol. The van der Waals surface area contributed by atoms with E-state index in [0.717, 1.165) is 10.5 Å². The molecule has 0 fully saturated rings. The molecule has 0 aliphatic heterocycles. The molecule has 0 N–H and O–H groups in total. The molecule has 27 heavy (non-hydrogen) atoms. The average molecular weight is 375 g/mol. The van der Waals surface area contributed by atoms with Crippen molar-refractivity contribution in [1.82, 2.24) is 0 Å². The van der Waals surface area contributed by atoms with Gasteiger partial charge in [0.05, 0.1) is 18.7 Å². The van der Waals surface area contributed by atoms with Crippen LogP contribution in [0.25, 0.3) is 0 Å². The summed E-state index contributed by atoms with van der Waals surface area (Å²) in [5.41, 5.74) is 1.29. The first kappa shape index (κ1) is 18.6. The topological polar surface area (TPSA) is 59.3 Å². The monoisotopic (exact) mass is 375 g/mol. The summed E-state index contributed by atoms with van der Waals surface area (Å²) in [7, 11) is 1.47. The predicted molar refractivity (Wildman–Crippen MR) is 105 cm³/mol. The number of hydrogen-bond donors (Lipinski definition) is 0. The van der Waals surface area contributed by atoms with Crippen molar-refractivity contribution in [3.05, 3.63) is 90.0 Å². The lowest BCUT2D eigenvalue weighted by Gasteiger charge is -2.17. The quantitative estimate of drug-likeness (QED) is 0.344. The highest BCUT2D eigenvalue weighted by atomic mass is 32.2. The minimum atomic E-state index is -0.533. The van der Waals surface area contributed by atoms with E-state index in [9.17, 15) is 4.79 Å². The fourth-order valence-corrected chi connectivity index (χ4v) is 3.52. The van der Waals surface area contributed by atoms with E-state index in [4.69, 9.17) is 14.7 Å². The Morgan fingerprint density at radius 1 is 0.963 bits per heavy atom. The van der Waals surface area contributed by atoms with Crippen LogP contribution in [0.2, 0.25) is 0 Å². The lowest BCUT2D eigenvalue weighted by atomic mass is 10.1. The van der Waals surface area contributed by atoms with Crippen LogP contribution in [0.15, 0.2) is 83.8 Å². The van der Waals surface area contributed by atoms with Crippen LogP contribution in [0.3, 0.4) is 0 Å². The molecule has 1 unspecified atom stereocenters. The molecule has 0 aromatic heterocycles. The van der Waals surface area contributed by atoms with Crippen LogP contribution in [0.5, 0.6) is 11.5 Å². The Bertz CT molecular complexity index is 952. The van der Waals surface area contributed by atoms with Gasteiger partial charge >= 0.3 is 5.97 Å². The summed E-state index contributed by atoms with van der Waals surface area (Å²) in [6.45, 7) is 0. The second kappa shape index (κ2) is 8.93. The van der Waals surface area contributed by atoms with E-state index in [1.165, 1.54) is 18.9 Å². The molecule has 3 aromatic carbocycles. The van der Waals surface area contributed by atoms with E-state index < -0.39 is 11.2 Å². The molecule has 0 aliphatic rings. The highest BCUT2D eigenvalue weighted by molar-refractivity contribution is 8.00. The minimum absolute atomic E-state index is 0.288. The van der Waals surface area contributed by atoms with Gasteiger partial charge in [0.2, 0.25) is 0 Å². The van der Waals surface area contributed by atoms with E-state index >= 15 is 0 Å². The number of rotatable bonds is 6. The molecule has 4 nitrogen and oxygen atoms in total. The molecule has 0 heterocycles. The van der Waals surface area contributed by atoms with Crippen LogP contribution in [0.4, 0.5) is 0 Å². The van der Waals surface area contributed by atoms with Crippen LogP contribution in [-0.2, 0) is 4.79 Å². The molecule has 0 saturated carbocycles. The number of thioether (sulfide) groups is 1. The van der Waals surface area contributed by atoms with Gasteiger partial charge in [-0.15, -0.1) is 11.8 Å². The molecule has 134 valence electrons. The summed E-state index contributed by atoms with van der Waals surface area (Å²) in [6.07, 6.45) is 0. The Labute approximate surface area is 162 Å². The van der Waals surface area contributed by atoms with Gasteiger partial charge in [-0.1, -0.05) is 48.5 Å². The molecule has 0 saturated heterocycles. The van der Waals surface area contributed by atoms with Gasteiger partial charge in [-0.25, -0.2) is 0 Å². The van der Waals surface area contributed by atoms with Gasteiger partial charge < -0.3 is 9.47 Å². The van der Waals surface area contributed by atoms with Crippen LogP contribution in [0, 0.1) is 11.3 Å². The molecule has 0 spiro atoms. The molecule has 0 aliphatic carbocycles. The Kier molecular flexibility index (Phi) is 6.14. The van der Waals surface area contributed by atoms with Crippen molar-refractivity contribution in [2.75, 3.05) is 7.11 Å². The van der Waals surface area contributed by atoms with E-state index in [0.29, 0.717) is 11.3 Å². The van der Waals surface area contributed by atoms with E-state index in [-0.39, 0.29) is 5.75 Å². The van der Waals surface area contributed by atoms with Crippen LogP contribution in [0.1, 0.15) is 16.4 Å². The number of nitriles is 1. The van der Waals surface area contributed by atoms with Crippen molar-refractivity contribution in [3.63, 3.8) is 0 Å². The average Bonchev–Trinajstić information content (AvgIpc) is 2.73. The molecule has 0 bridgehead atoms. The zero-order chi connectivity index (χ0) is 19.1. The Hall–Kier alpha value is -3.23. The third-order valence-electron chi connectivity index (χ3n) is 3.82. The van der Waals surface area contributed by atoms with E-state index in [1.54, 1.807) is 18.2 Å². The van der Waals surface area contributed by atoms with E-state index in [1.807, 2.05) is 66.7 Å². The second-order valence-corrected chi connectivity index (χ2v) is 6.80. The third kappa shape index (κ3) is 4.69. The molecule has 1 atom stereocenters. The summed E-state index contributed by atoms with van der Waals surface area (Å²) < 4.78 is 10.9. The summed E-state index contributed by atoms with van der Waals surface area (Å²) in [5.74, 6) is 0.230. The maximum atomic E-state index is 13.0. The first-order chi connectivity index (χ1) is 13.2. The summed E-state index contributed by atoms with van der Waals surface area (Å²) >= 11 is 1.42. The minimum Gasteiger partial charge on any atom is -0.493 e. The van der Waals surface area contributed by atoms with Gasteiger partial charge in [-0.05, 0) is 29.8 Å². The summed E-state index contributed by atoms with van der Waals surface area (Å²) in [4.78, 5) is 13.9. The maximum Gasteiger partial charge on any atom is 0.329 e. The standard InChI is InChI=1S/C22H17NO3S/c1-25-20-14-16(15-23)12-13-19(20)26-22(24)21(17-8-4-2-5-9-17)27-18-10-6-3-7-11-18/h2-14,21H,1H3. The fraction of sp³-hybridized carbons (Fsp3) is 0.0909. The van der Waals surface area contributed by atoms with Crippen LogP contribution in [-0.4, -0.2) is 13.1 Å². The highest BCUT2D eigenvalue weighted by Crippen LogP contribution is 2.37. The summed E-state index contributed by atoms with van der Waals surface area (Å²) in [5, 5.41) is 8.48. The Morgan fingerprint density at radius 2 is 1.63 bits per heavy atom. The largest absolute Gasteiger partial charge is 0.493 e. The van der Waals surface area contributed by atoms with E-state index in [2.05, 4.69) is 0 Å². The van der Waals surface area contributed by atoms with Gasteiger partial charge in [0.25, 0.3) is 0 Å². The first-order valence-corrected chi connectivity index (χ1v) is 9.15. The Balaban J connectivity index is 1.88. The number of carbonyl (C=O) groups excluding carboxylic acids is 1. The SMILES string of the molecule is COc1cc(C#N)ccc1OC(=O)C(Sc1ccccc1)c1ccccc1.